The Kier molecular flexibility index (Phi) is 1.55. The van der Waals surface area contributed by atoms with Crippen molar-refractivity contribution in [2.45, 2.75) is 17.9 Å². The van der Waals surface area contributed by atoms with Gasteiger partial charge in [0.2, 0.25) is 0 Å². The van der Waals surface area contributed by atoms with Crippen molar-refractivity contribution in [3.05, 3.63) is 23.8 Å². The Labute approximate surface area is 78.8 Å². The number of aromatic hydroxyl groups is 2. The van der Waals surface area contributed by atoms with E-state index in [4.69, 9.17) is 10.8 Å². The van der Waals surface area contributed by atoms with Gasteiger partial charge in [0.25, 0.3) is 5.92 Å². The second-order valence-electron chi connectivity index (χ2n) is 3.55. The zero-order valence-corrected chi connectivity index (χ0v) is 7.17. The van der Waals surface area contributed by atoms with Gasteiger partial charge >= 0.3 is 0 Å². The summed E-state index contributed by atoms with van der Waals surface area (Å²) in [5, 5.41) is 18.3. The Morgan fingerprint density at radius 3 is 2.29 bits per heavy atom. The minimum absolute atomic E-state index is 0.0275. The van der Waals surface area contributed by atoms with E-state index in [1.165, 1.54) is 12.1 Å². The van der Waals surface area contributed by atoms with Gasteiger partial charge < -0.3 is 15.9 Å². The molecule has 0 aliphatic heterocycles. The van der Waals surface area contributed by atoms with Crippen LogP contribution in [0.3, 0.4) is 0 Å². The molecule has 76 valence electrons. The number of hydrogen-bond acceptors (Lipinski definition) is 3. The van der Waals surface area contributed by atoms with Crippen LogP contribution < -0.4 is 5.73 Å². The molecule has 0 bridgehead atoms. The van der Waals surface area contributed by atoms with E-state index in [-0.39, 0.29) is 11.3 Å². The summed E-state index contributed by atoms with van der Waals surface area (Å²) in [5.74, 6) is -3.55. The Hall–Kier alpha value is -1.36. The average molecular weight is 201 g/mol. The van der Waals surface area contributed by atoms with Gasteiger partial charge in [-0.05, 0) is 12.1 Å². The maximum absolute atomic E-state index is 12.8. The Morgan fingerprint density at radius 1 is 1.29 bits per heavy atom. The lowest BCUT2D eigenvalue weighted by atomic mass is 10.0. The molecule has 14 heavy (non-hydrogen) atoms. The first kappa shape index (κ1) is 9.21. The van der Waals surface area contributed by atoms with E-state index in [0.717, 1.165) is 6.07 Å². The largest absolute Gasteiger partial charge is 0.508 e. The monoisotopic (exact) mass is 201 g/mol. The molecule has 2 rings (SSSR count). The van der Waals surface area contributed by atoms with Crippen LogP contribution in [0.5, 0.6) is 11.5 Å². The van der Waals surface area contributed by atoms with E-state index in [1.807, 2.05) is 0 Å². The molecule has 1 saturated carbocycles. The molecule has 1 fully saturated rings. The van der Waals surface area contributed by atoms with Gasteiger partial charge in [-0.15, -0.1) is 0 Å². The van der Waals surface area contributed by atoms with Crippen molar-refractivity contribution in [1.82, 2.24) is 0 Å². The molecule has 4 N–H and O–H groups in total. The van der Waals surface area contributed by atoms with Gasteiger partial charge in [0.1, 0.15) is 17.0 Å². The van der Waals surface area contributed by atoms with Crippen molar-refractivity contribution in [3.63, 3.8) is 0 Å². The van der Waals surface area contributed by atoms with E-state index in [0.29, 0.717) is 0 Å². The third-order valence-electron chi connectivity index (χ3n) is 2.49. The summed E-state index contributed by atoms with van der Waals surface area (Å²) in [5.41, 5.74) is 3.60. The molecule has 1 aromatic rings. The van der Waals surface area contributed by atoms with Gasteiger partial charge in [-0.3, -0.25) is 0 Å². The quantitative estimate of drug-likeness (QED) is 0.641. The number of nitrogens with two attached hydrogens (primary N) is 1. The fraction of sp³-hybridized carbons (Fsp3) is 0.333. The van der Waals surface area contributed by atoms with E-state index in [9.17, 15) is 13.9 Å². The molecule has 1 atom stereocenters. The molecule has 0 radical (unpaired) electrons. The van der Waals surface area contributed by atoms with E-state index < -0.39 is 23.6 Å². The summed E-state index contributed by atoms with van der Waals surface area (Å²) < 4.78 is 25.7. The van der Waals surface area contributed by atoms with Crippen LogP contribution in [0, 0.1) is 0 Å². The molecule has 0 heterocycles. The molecule has 0 saturated heterocycles. The molecule has 0 amide bonds. The zero-order chi connectivity index (χ0) is 10.6. The number of halogens is 2. The molecular formula is C9H9F2NO2. The maximum Gasteiger partial charge on any atom is 0.272 e. The predicted molar refractivity (Wildman–Crippen MR) is 45.2 cm³/mol. The number of alkyl halides is 2. The van der Waals surface area contributed by atoms with Crippen LogP contribution in [0.4, 0.5) is 8.78 Å². The molecule has 5 heteroatoms. The molecule has 1 aromatic carbocycles. The summed E-state index contributed by atoms with van der Waals surface area (Å²) in [6.45, 7) is 0. The third-order valence-corrected chi connectivity index (χ3v) is 2.49. The second-order valence-corrected chi connectivity index (χ2v) is 3.55. The van der Waals surface area contributed by atoms with Crippen LogP contribution in [0.15, 0.2) is 18.2 Å². The maximum atomic E-state index is 12.8. The molecule has 0 spiro atoms. The van der Waals surface area contributed by atoms with Gasteiger partial charge in [0.15, 0.2) is 0 Å². The van der Waals surface area contributed by atoms with Crippen LogP contribution in [-0.4, -0.2) is 16.1 Å². The summed E-state index contributed by atoms with van der Waals surface area (Å²) in [6.07, 6.45) is -0.474. The van der Waals surface area contributed by atoms with Crippen molar-refractivity contribution in [3.8, 4) is 11.5 Å². The van der Waals surface area contributed by atoms with Gasteiger partial charge in [-0.2, -0.15) is 0 Å². The SMILES string of the molecule is NC1(c2ccc(O)cc2O)CC1(F)F. The minimum Gasteiger partial charge on any atom is -0.508 e. The van der Waals surface area contributed by atoms with Crippen LogP contribution in [0.2, 0.25) is 0 Å². The van der Waals surface area contributed by atoms with Crippen molar-refractivity contribution in [1.29, 1.82) is 0 Å². The van der Waals surface area contributed by atoms with Crippen molar-refractivity contribution in [2.75, 3.05) is 0 Å². The van der Waals surface area contributed by atoms with Crippen LogP contribution in [0.1, 0.15) is 12.0 Å². The highest BCUT2D eigenvalue weighted by Gasteiger charge is 2.70. The lowest BCUT2D eigenvalue weighted by molar-refractivity contribution is 0.0884. The van der Waals surface area contributed by atoms with Crippen LogP contribution in [-0.2, 0) is 5.54 Å². The summed E-state index contributed by atoms with van der Waals surface area (Å²) in [4.78, 5) is 0. The summed E-state index contributed by atoms with van der Waals surface area (Å²) >= 11 is 0. The fourth-order valence-electron chi connectivity index (χ4n) is 1.50. The highest BCUT2D eigenvalue weighted by molar-refractivity contribution is 5.48. The average Bonchev–Trinajstić information content (AvgIpc) is 2.50. The van der Waals surface area contributed by atoms with E-state index in [2.05, 4.69) is 0 Å². The van der Waals surface area contributed by atoms with Crippen LogP contribution in [0.25, 0.3) is 0 Å². The third kappa shape index (κ3) is 1.05. The van der Waals surface area contributed by atoms with Crippen molar-refractivity contribution < 1.29 is 19.0 Å². The van der Waals surface area contributed by atoms with Gasteiger partial charge in [0, 0.05) is 18.1 Å². The van der Waals surface area contributed by atoms with Gasteiger partial charge in [0.05, 0.1) is 0 Å². The van der Waals surface area contributed by atoms with E-state index in [1.54, 1.807) is 0 Å². The lowest BCUT2D eigenvalue weighted by Gasteiger charge is -2.12. The topological polar surface area (TPSA) is 66.5 Å². The highest BCUT2D eigenvalue weighted by Crippen LogP contribution is 2.59. The molecule has 1 unspecified atom stereocenters. The molecule has 1 aliphatic carbocycles. The minimum atomic E-state index is -2.97. The molecule has 3 nitrogen and oxygen atoms in total. The standard InChI is InChI=1S/C9H9F2NO2/c10-9(11)4-8(9,12)6-2-1-5(13)3-7(6)14/h1-3,13-14H,4,12H2. The Morgan fingerprint density at radius 2 is 1.86 bits per heavy atom. The zero-order valence-electron chi connectivity index (χ0n) is 7.17. The number of hydrogen-bond donors (Lipinski definition) is 3. The van der Waals surface area contributed by atoms with Crippen LogP contribution >= 0.6 is 0 Å². The first-order chi connectivity index (χ1) is 6.37. The lowest BCUT2D eigenvalue weighted by Crippen LogP contribution is -2.27. The molecule has 0 aromatic heterocycles. The Balaban J connectivity index is 2.45. The number of phenolic OH excluding ortho intramolecular Hbond substituents is 2. The molecule has 1 aliphatic rings. The summed E-state index contributed by atoms with van der Waals surface area (Å²) in [7, 11) is 0. The first-order valence-electron chi connectivity index (χ1n) is 4.06. The number of benzene rings is 1. The second kappa shape index (κ2) is 2.36. The van der Waals surface area contributed by atoms with Crippen molar-refractivity contribution >= 4 is 0 Å². The van der Waals surface area contributed by atoms with Gasteiger partial charge in [-0.25, -0.2) is 8.78 Å². The van der Waals surface area contributed by atoms with E-state index >= 15 is 0 Å². The number of rotatable bonds is 1. The number of phenols is 2. The Bertz CT molecular complexity index is 394. The normalized spacial score (nSPS) is 28.8. The smallest absolute Gasteiger partial charge is 0.272 e. The van der Waals surface area contributed by atoms with Crippen molar-refractivity contribution in [2.24, 2.45) is 5.73 Å². The first-order valence-corrected chi connectivity index (χ1v) is 4.06. The summed E-state index contributed by atoms with van der Waals surface area (Å²) in [6, 6.07) is 3.43. The van der Waals surface area contributed by atoms with Gasteiger partial charge in [-0.1, -0.05) is 0 Å². The highest BCUT2D eigenvalue weighted by atomic mass is 19.3. The molecular weight excluding hydrogens is 192 g/mol. The predicted octanol–water partition coefficient (Wildman–Crippen LogP) is 1.29. The fourth-order valence-corrected chi connectivity index (χ4v) is 1.50.